The SMILES string of the molecule is Cc1nc(NCCO)nc(Nc2ccc(N=Nc3cc(C(O)O)cc(C(O)O)c3)c(C)c2)n1. The van der Waals surface area contributed by atoms with Crippen LogP contribution in [0.4, 0.5) is 29.0 Å². The monoisotopic (exact) mass is 455 g/mol. The summed E-state index contributed by atoms with van der Waals surface area (Å²) in [6, 6.07) is 9.34. The van der Waals surface area contributed by atoms with Crippen LogP contribution in [0.15, 0.2) is 46.6 Å². The number of azo groups is 1. The number of rotatable bonds is 9. The molecular weight excluding hydrogens is 430 g/mol. The molecule has 0 unspecified atom stereocenters. The number of aryl methyl sites for hydroxylation is 2. The number of nitrogens with one attached hydrogen (secondary N) is 2. The molecule has 3 rings (SSSR count). The van der Waals surface area contributed by atoms with Gasteiger partial charge < -0.3 is 36.2 Å². The van der Waals surface area contributed by atoms with Gasteiger partial charge in [-0.25, -0.2) is 0 Å². The van der Waals surface area contributed by atoms with Crippen LogP contribution in [0, 0.1) is 13.8 Å². The summed E-state index contributed by atoms with van der Waals surface area (Å²) in [5.41, 5.74) is 2.40. The molecule has 0 fully saturated rings. The quantitative estimate of drug-likeness (QED) is 0.186. The highest BCUT2D eigenvalue weighted by atomic mass is 16.5. The lowest BCUT2D eigenvalue weighted by Gasteiger charge is -2.10. The Hall–Kier alpha value is -3.55. The van der Waals surface area contributed by atoms with Gasteiger partial charge in [0.05, 0.1) is 18.0 Å². The Balaban J connectivity index is 1.79. The van der Waals surface area contributed by atoms with E-state index in [1.165, 1.54) is 18.2 Å². The van der Waals surface area contributed by atoms with Crippen molar-refractivity contribution in [2.45, 2.75) is 26.4 Å². The molecule has 12 heteroatoms. The number of nitrogens with zero attached hydrogens (tertiary/aromatic N) is 5. The van der Waals surface area contributed by atoms with E-state index in [0.717, 1.165) is 5.56 Å². The highest BCUT2D eigenvalue weighted by Gasteiger charge is 2.11. The average Bonchev–Trinajstić information content (AvgIpc) is 2.76. The van der Waals surface area contributed by atoms with Crippen LogP contribution in [0.5, 0.6) is 0 Å². The second-order valence-electron chi connectivity index (χ2n) is 7.11. The normalized spacial score (nSPS) is 11.5. The molecule has 0 aliphatic rings. The molecule has 174 valence electrons. The number of aliphatic hydroxyl groups is 5. The zero-order valence-electron chi connectivity index (χ0n) is 18.0. The second-order valence-corrected chi connectivity index (χ2v) is 7.11. The van der Waals surface area contributed by atoms with Gasteiger partial charge in [0.2, 0.25) is 11.9 Å². The van der Waals surface area contributed by atoms with Crippen LogP contribution in [-0.2, 0) is 0 Å². The van der Waals surface area contributed by atoms with E-state index < -0.39 is 12.6 Å². The van der Waals surface area contributed by atoms with Crippen molar-refractivity contribution in [3.05, 3.63) is 58.9 Å². The summed E-state index contributed by atoms with van der Waals surface area (Å²) >= 11 is 0. The summed E-state index contributed by atoms with van der Waals surface area (Å²) < 4.78 is 0. The maximum atomic E-state index is 9.40. The molecule has 0 saturated carbocycles. The number of hydrogen-bond acceptors (Lipinski definition) is 12. The molecule has 0 amide bonds. The van der Waals surface area contributed by atoms with Gasteiger partial charge in [-0.3, -0.25) is 0 Å². The largest absolute Gasteiger partial charge is 0.395 e. The third kappa shape index (κ3) is 6.71. The molecule has 12 nitrogen and oxygen atoms in total. The smallest absolute Gasteiger partial charge is 0.232 e. The minimum absolute atomic E-state index is 0.0462. The molecule has 1 heterocycles. The summed E-state index contributed by atoms with van der Waals surface area (Å²) in [6.45, 7) is 3.84. The van der Waals surface area contributed by atoms with E-state index in [9.17, 15) is 20.4 Å². The molecule has 2 aromatic carbocycles. The number of anilines is 3. The van der Waals surface area contributed by atoms with Crippen LogP contribution in [-0.4, -0.2) is 53.6 Å². The molecule has 33 heavy (non-hydrogen) atoms. The van der Waals surface area contributed by atoms with Crippen LogP contribution in [0.1, 0.15) is 35.1 Å². The highest BCUT2D eigenvalue weighted by Crippen LogP contribution is 2.29. The third-order valence-corrected chi connectivity index (χ3v) is 4.43. The summed E-state index contributed by atoms with van der Waals surface area (Å²) in [5, 5.41) is 60.8. The van der Waals surface area contributed by atoms with E-state index in [-0.39, 0.29) is 23.4 Å². The van der Waals surface area contributed by atoms with Crippen molar-refractivity contribution in [2.24, 2.45) is 10.2 Å². The fraction of sp³-hybridized carbons (Fsp3) is 0.286. The minimum Gasteiger partial charge on any atom is -0.395 e. The van der Waals surface area contributed by atoms with Gasteiger partial charge in [-0.05, 0) is 55.8 Å². The first-order valence-electron chi connectivity index (χ1n) is 9.99. The van der Waals surface area contributed by atoms with Crippen molar-refractivity contribution < 1.29 is 25.5 Å². The van der Waals surface area contributed by atoms with Crippen molar-refractivity contribution in [1.29, 1.82) is 0 Å². The molecule has 0 aliphatic heterocycles. The molecule has 7 N–H and O–H groups in total. The Bertz CT molecular complexity index is 1110. The van der Waals surface area contributed by atoms with Crippen molar-refractivity contribution in [1.82, 2.24) is 15.0 Å². The molecule has 1 aromatic heterocycles. The topological polar surface area (TPSA) is 189 Å². The lowest BCUT2D eigenvalue weighted by Crippen LogP contribution is -2.11. The molecule has 0 radical (unpaired) electrons. The van der Waals surface area contributed by atoms with Gasteiger partial charge in [0.15, 0.2) is 12.6 Å². The van der Waals surface area contributed by atoms with Crippen LogP contribution in [0.3, 0.4) is 0 Å². The second kappa shape index (κ2) is 10.8. The van der Waals surface area contributed by atoms with E-state index in [1.54, 1.807) is 19.1 Å². The first-order chi connectivity index (χ1) is 15.7. The van der Waals surface area contributed by atoms with Gasteiger partial charge in [0.25, 0.3) is 0 Å². The Morgan fingerprint density at radius 1 is 0.848 bits per heavy atom. The standard InChI is InChI=1S/C21H25N7O5/c1-11-7-15(25-21-24-12(2)23-20(26-21)22-5-6-29)3-4-17(11)28-27-16-9-13(18(30)31)8-14(10-16)19(32)33/h3-4,7-10,18-19,29-33H,5-6H2,1-2H3,(H2,22,23,24,25,26). The zero-order chi connectivity index (χ0) is 24.0. The summed E-state index contributed by atoms with van der Waals surface area (Å²) in [6.07, 6.45) is -3.58. The fourth-order valence-electron chi connectivity index (χ4n) is 2.89. The molecule has 0 atom stereocenters. The van der Waals surface area contributed by atoms with E-state index >= 15 is 0 Å². The number of benzene rings is 2. The predicted molar refractivity (Wildman–Crippen MR) is 120 cm³/mol. The predicted octanol–water partition coefficient (Wildman–Crippen LogP) is 2.02. The molecule has 0 saturated heterocycles. The summed E-state index contributed by atoms with van der Waals surface area (Å²) in [4.78, 5) is 12.7. The Morgan fingerprint density at radius 3 is 2.12 bits per heavy atom. The first-order valence-corrected chi connectivity index (χ1v) is 9.99. The van der Waals surface area contributed by atoms with Gasteiger partial charge in [-0.2, -0.15) is 25.2 Å². The average molecular weight is 455 g/mol. The van der Waals surface area contributed by atoms with Crippen LogP contribution < -0.4 is 10.6 Å². The number of aliphatic hydroxyl groups excluding tert-OH is 3. The lowest BCUT2D eigenvalue weighted by molar-refractivity contribution is -0.0474. The molecule has 0 spiro atoms. The van der Waals surface area contributed by atoms with Crippen LogP contribution in [0.2, 0.25) is 0 Å². The Labute approximate surface area is 189 Å². The van der Waals surface area contributed by atoms with Crippen molar-refractivity contribution in [2.75, 3.05) is 23.8 Å². The number of hydrogen-bond donors (Lipinski definition) is 7. The first kappa shape index (κ1) is 24.1. The molecule has 0 aliphatic carbocycles. The molecule has 0 bridgehead atoms. The van der Waals surface area contributed by atoms with Crippen LogP contribution >= 0.6 is 0 Å². The van der Waals surface area contributed by atoms with E-state index in [2.05, 4.69) is 35.8 Å². The zero-order valence-corrected chi connectivity index (χ0v) is 18.0. The molecular formula is C21H25N7O5. The maximum absolute atomic E-state index is 9.40. The van der Waals surface area contributed by atoms with Gasteiger partial charge in [0, 0.05) is 23.4 Å². The van der Waals surface area contributed by atoms with Crippen molar-refractivity contribution >= 4 is 29.0 Å². The van der Waals surface area contributed by atoms with Crippen LogP contribution in [0.25, 0.3) is 0 Å². The van der Waals surface area contributed by atoms with Gasteiger partial charge in [0.1, 0.15) is 5.82 Å². The van der Waals surface area contributed by atoms with Gasteiger partial charge in [-0.1, -0.05) is 0 Å². The molecule has 3 aromatic rings. The number of aromatic nitrogens is 3. The third-order valence-electron chi connectivity index (χ3n) is 4.43. The van der Waals surface area contributed by atoms with Crippen molar-refractivity contribution in [3.8, 4) is 0 Å². The minimum atomic E-state index is -1.79. The van der Waals surface area contributed by atoms with E-state index in [0.29, 0.717) is 35.6 Å². The maximum Gasteiger partial charge on any atom is 0.232 e. The summed E-state index contributed by atoms with van der Waals surface area (Å²) in [7, 11) is 0. The fourth-order valence-corrected chi connectivity index (χ4v) is 2.89. The highest BCUT2D eigenvalue weighted by molar-refractivity contribution is 5.61. The Morgan fingerprint density at radius 2 is 1.52 bits per heavy atom. The summed E-state index contributed by atoms with van der Waals surface area (Å²) in [5.74, 6) is 1.20. The van der Waals surface area contributed by atoms with E-state index in [4.69, 9.17) is 5.11 Å². The Kier molecular flexibility index (Phi) is 7.92. The van der Waals surface area contributed by atoms with Crippen molar-refractivity contribution in [3.63, 3.8) is 0 Å². The van der Waals surface area contributed by atoms with Gasteiger partial charge in [-0.15, -0.1) is 0 Å². The van der Waals surface area contributed by atoms with E-state index in [1.807, 2.05) is 13.0 Å². The van der Waals surface area contributed by atoms with Gasteiger partial charge >= 0.3 is 0 Å². The lowest BCUT2D eigenvalue weighted by atomic mass is 10.1.